The lowest BCUT2D eigenvalue weighted by Crippen LogP contribution is -2.60. The number of rotatable bonds is 12. The summed E-state index contributed by atoms with van der Waals surface area (Å²) in [4.78, 5) is 39.1. The van der Waals surface area contributed by atoms with E-state index in [1.54, 1.807) is 14.0 Å². The number of methoxy groups -OCH3 is 1. The van der Waals surface area contributed by atoms with Crippen LogP contribution in [0.25, 0.3) is 0 Å². The molecule has 234 valence electrons. The Bertz CT molecular complexity index is 1160. The van der Waals surface area contributed by atoms with Crippen molar-refractivity contribution in [2.24, 2.45) is 27.9 Å². The molecule has 0 aromatic heterocycles. The van der Waals surface area contributed by atoms with Crippen molar-refractivity contribution in [3.63, 3.8) is 0 Å². The minimum atomic E-state index is -0.655. The van der Waals surface area contributed by atoms with Crippen LogP contribution in [-0.4, -0.2) is 80.1 Å². The number of allylic oxidation sites excluding steroid dienone is 1. The van der Waals surface area contributed by atoms with Crippen LogP contribution in [0.3, 0.4) is 0 Å². The first kappa shape index (κ1) is 30.0. The lowest BCUT2D eigenvalue weighted by atomic mass is 9.56. The van der Waals surface area contributed by atoms with Crippen LogP contribution in [0.15, 0.2) is 11.6 Å². The van der Waals surface area contributed by atoms with Gasteiger partial charge in [-0.2, -0.15) is 0 Å². The predicted octanol–water partition coefficient (Wildman–Crippen LogP) is 2.53. The van der Waals surface area contributed by atoms with Crippen LogP contribution in [0.1, 0.15) is 85.5 Å². The van der Waals surface area contributed by atoms with Gasteiger partial charge in [0.2, 0.25) is 11.8 Å². The SMILES string of the molecule is CO[C@@H]1[C@H](NC(=O)C23CCC4(C(=O)NCCCOC(=O)[C@H](C)N)CCC42C3)CC[C@]2(CO2)[C@H]1[C@@]1(C)O[C@@H]1CC=C(C)C. The van der Waals surface area contributed by atoms with Crippen LogP contribution in [-0.2, 0) is 33.3 Å². The summed E-state index contributed by atoms with van der Waals surface area (Å²) in [5.41, 5.74) is 5.04. The number of nitrogens with one attached hydrogen (secondary N) is 2. The molecule has 2 spiro atoms. The largest absolute Gasteiger partial charge is 0.464 e. The van der Waals surface area contributed by atoms with Gasteiger partial charge in [-0.05, 0) is 85.5 Å². The molecule has 2 aliphatic heterocycles. The zero-order valence-corrected chi connectivity index (χ0v) is 25.9. The summed E-state index contributed by atoms with van der Waals surface area (Å²) >= 11 is 0. The van der Waals surface area contributed by atoms with Crippen molar-refractivity contribution in [2.45, 2.75) is 121 Å². The van der Waals surface area contributed by atoms with Gasteiger partial charge in [0.25, 0.3) is 0 Å². The molecule has 42 heavy (non-hydrogen) atoms. The van der Waals surface area contributed by atoms with Crippen molar-refractivity contribution in [3.05, 3.63) is 11.6 Å². The molecule has 6 fully saturated rings. The van der Waals surface area contributed by atoms with E-state index >= 15 is 0 Å². The predicted molar refractivity (Wildman–Crippen MR) is 154 cm³/mol. The van der Waals surface area contributed by atoms with Gasteiger partial charge in [-0.3, -0.25) is 14.4 Å². The Labute approximate surface area is 249 Å². The van der Waals surface area contributed by atoms with Crippen molar-refractivity contribution in [2.75, 3.05) is 26.9 Å². The average molecular weight is 588 g/mol. The van der Waals surface area contributed by atoms with Crippen LogP contribution in [0, 0.1) is 22.2 Å². The first-order valence-electron chi connectivity index (χ1n) is 15.9. The van der Waals surface area contributed by atoms with E-state index in [-0.39, 0.29) is 59.2 Å². The van der Waals surface area contributed by atoms with Crippen molar-refractivity contribution >= 4 is 17.8 Å². The van der Waals surface area contributed by atoms with Crippen LogP contribution < -0.4 is 16.4 Å². The number of carbonyl (C=O) groups excluding carboxylic acids is 3. The Morgan fingerprint density at radius 1 is 1.10 bits per heavy atom. The molecule has 4 saturated carbocycles. The van der Waals surface area contributed by atoms with E-state index in [2.05, 4.69) is 37.5 Å². The molecule has 2 saturated heterocycles. The van der Waals surface area contributed by atoms with Gasteiger partial charge in [-0.25, -0.2) is 0 Å². The van der Waals surface area contributed by atoms with Gasteiger partial charge in [0, 0.05) is 25.0 Å². The van der Waals surface area contributed by atoms with Gasteiger partial charge in [0.15, 0.2) is 0 Å². The topological polar surface area (TPSA) is 145 Å². The number of hydrogen-bond donors (Lipinski definition) is 3. The fourth-order valence-corrected chi connectivity index (χ4v) is 9.32. The molecule has 0 aromatic carbocycles. The standard InChI is InChI=1S/C32H49N3O7/c1-19(2)7-8-22-28(4,42-22)24-23(39-5)21(9-10-31(24)18-41-31)35-27(38)30-12-11-29(13-14-32(29,30)17-30)26(37)34-15-6-16-40-25(36)20(3)33/h7,20-24H,6,8-18,33H2,1-5H3,(H,34,37)(H,35,38)/t20-,21+,22+,23+,24+,28-,29?,30?,31-,32?/m0/s1. The van der Waals surface area contributed by atoms with Crippen molar-refractivity contribution in [3.8, 4) is 0 Å². The van der Waals surface area contributed by atoms with E-state index in [1.165, 1.54) is 5.57 Å². The molecule has 2 heterocycles. The molecule has 0 aromatic rings. The highest BCUT2D eigenvalue weighted by Crippen LogP contribution is 2.88. The van der Waals surface area contributed by atoms with Crippen LogP contribution in [0.2, 0.25) is 0 Å². The molecule has 10 nitrogen and oxygen atoms in total. The van der Waals surface area contributed by atoms with Crippen molar-refractivity contribution in [1.82, 2.24) is 10.6 Å². The average Bonchev–Trinajstić information content (AvgIpc) is 3.87. The zero-order valence-electron chi connectivity index (χ0n) is 25.9. The molecule has 6 rings (SSSR count). The highest BCUT2D eigenvalue weighted by atomic mass is 16.6. The second-order valence-corrected chi connectivity index (χ2v) is 14.4. The molecule has 0 bridgehead atoms. The Morgan fingerprint density at radius 2 is 1.81 bits per heavy atom. The minimum absolute atomic E-state index is 0.0414. The van der Waals surface area contributed by atoms with Crippen LogP contribution >= 0.6 is 0 Å². The number of carbonyl (C=O) groups is 3. The number of ether oxygens (including phenoxy) is 4. The van der Waals surface area contributed by atoms with E-state index < -0.39 is 22.8 Å². The van der Waals surface area contributed by atoms with Crippen LogP contribution in [0.4, 0.5) is 0 Å². The fourth-order valence-electron chi connectivity index (χ4n) is 9.32. The third-order valence-electron chi connectivity index (χ3n) is 12.0. The molecular weight excluding hydrogens is 538 g/mol. The van der Waals surface area contributed by atoms with E-state index in [9.17, 15) is 14.4 Å². The molecule has 2 amide bonds. The maximum absolute atomic E-state index is 14.1. The monoisotopic (exact) mass is 587 g/mol. The zero-order chi connectivity index (χ0) is 30.1. The maximum Gasteiger partial charge on any atom is 0.322 e. The number of epoxide rings is 2. The number of esters is 1. The molecule has 10 atom stereocenters. The third-order valence-corrected chi connectivity index (χ3v) is 12.0. The highest BCUT2D eigenvalue weighted by Gasteiger charge is 2.88. The Morgan fingerprint density at radius 3 is 2.43 bits per heavy atom. The summed E-state index contributed by atoms with van der Waals surface area (Å²) < 4.78 is 23.7. The van der Waals surface area contributed by atoms with Gasteiger partial charge in [0.05, 0.1) is 47.9 Å². The third kappa shape index (κ3) is 4.38. The molecular formula is C32H49N3O7. The van der Waals surface area contributed by atoms with Gasteiger partial charge >= 0.3 is 5.97 Å². The molecule has 10 heteroatoms. The molecule has 3 unspecified atom stereocenters. The summed E-state index contributed by atoms with van der Waals surface area (Å²) in [6, 6.07) is -0.778. The van der Waals surface area contributed by atoms with Crippen LogP contribution in [0.5, 0.6) is 0 Å². The summed E-state index contributed by atoms with van der Waals surface area (Å²) in [6.45, 7) is 9.34. The van der Waals surface area contributed by atoms with Crippen molar-refractivity contribution in [1.29, 1.82) is 0 Å². The lowest BCUT2D eigenvalue weighted by Gasteiger charge is -2.47. The molecule has 4 N–H and O–H groups in total. The highest BCUT2D eigenvalue weighted by molar-refractivity contribution is 5.95. The van der Waals surface area contributed by atoms with E-state index in [1.807, 2.05) is 0 Å². The summed E-state index contributed by atoms with van der Waals surface area (Å²) in [5.74, 6) is -0.272. The second kappa shape index (κ2) is 10.3. The smallest absolute Gasteiger partial charge is 0.322 e. The Kier molecular flexibility index (Phi) is 7.35. The molecule has 4 aliphatic carbocycles. The summed E-state index contributed by atoms with van der Waals surface area (Å²) in [5, 5.41) is 6.52. The molecule has 0 radical (unpaired) electrons. The van der Waals surface area contributed by atoms with E-state index in [0.717, 1.165) is 51.4 Å². The van der Waals surface area contributed by atoms with Gasteiger partial charge in [-0.15, -0.1) is 0 Å². The van der Waals surface area contributed by atoms with E-state index in [4.69, 9.17) is 24.7 Å². The fraction of sp³-hybridized carbons (Fsp3) is 0.844. The van der Waals surface area contributed by atoms with E-state index in [0.29, 0.717) is 19.6 Å². The minimum Gasteiger partial charge on any atom is -0.464 e. The first-order chi connectivity index (χ1) is 19.9. The Balaban J connectivity index is 1.08. The first-order valence-corrected chi connectivity index (χ1v) is 15.9. The number of hydrogen-bond acceptors (Lipinski definition) is 8. The maximum atomic E-state index is 14.1. The quantitative estimate of drug-likeness (QED) is 0.137. The van der Waals surface area contributed by atoms with Gasteiger partial charge in [0.1, 0.15) is 11.6 Å². The Hall–Kier alpha value is -2.01. The summed E-state index contributed by atoms with van der Waals surface area (Å²) in [6.07, 6.45) is 9.21. The van der Waals surface area contributed by atoms with Gasteiger partial charge < -0.3 is 35.3 Å². The summed E-state index contributed by atoms with van der Waals surface area (Å²) in [7, 11) is 1.74. The van der Waals surface area contributed by atoms with Gasteiger partial charge in [-0.1, -0.05) is 11.6 Å². The van der Waals surface area contributed by atoms with Crippen molar-refractivity contribution < 1.29 is 33.3 Å². The number of amides is 2. The second-order valence-electron chi connectivity index (χ2n) is 14.4. The normalized spacial score (nSPS) is 44.6. The number of nitrogens with two attached hydrogens (primary N) is 1. The molecule has 6 aliphatic rings. The lowest BCUT2D eigenvalue weighted by molar-refractivity contribution is -0.145.